The van der Waals surface area contributed by atoms with Crippen LogP contribution in [-0.2, 0) is 0 Å². The smallest absolute Gasteiger partial charge is 0.255 e. The third-order valence-corrected chi connectivity index (χ3v) is 3.21. The molecule has 1 aromatic rings. The van der Waals surface area contributed by atoms with Crippen LogP contribution < -0.4 is 10.6 Å². The van der Waals surface area contributed by atoms with Crippen molar-refractivity contribution in [1.82, 2.24) is 10.6 Å². The van der Waals surface area contributed by atoms with Crippen molar-refractivity contribution in [3.05, 3.63) is 22.6 Å². The average molecular weight is 236 g/mol. The van der Waals surface area contributed by atoms with E-state index in [9.17, 15) is 4.79 Å². The van der Waals surface area contributed by atoms with E-state index >= 15 is 0 Å². The maximum absolute atomic E-state index is 12.0. The van der Waals surface area contributed by atoms with Crippen LogP contribution >= 0.6 is 0 Å². The molecule has 0 unspecified atom stereocenters. The van der Waals surface area contributed by atoms with Gasteiger partial charge in [0.05, 0.1) is 5.56 Å². The second-order valence-corrected chi connectivity index (χ2v) is 4.70. The Morgan fingerprint density at radius 3 is 2.47 bits per heavy atom. The highest BCUT2D eigenvalue weighted by Gasteiger charge is 2.20. The summed E-state index contributed by atoms with van der Waals surface area (Å²) in [6.07, 6.45) is 2.54. The van der Waals surface area contributed by atoms with Crippen LogP contribution in [0.3, 0.4) is 0 Å². The molecule has 2 N–H and O–H groups in total. The number of carbonyl (C=O) groups excluding carboxylic acids is 1. The minimum atomic E-state index is -0.0329. The van der Waals surface area contributed by atoms with Crippen LogP contribution in [0.5, 0.6) is 0 Å². The number of carbonyl (C=O) groups is 1. The molecule has 17 heavy (non-hydrogen) atoms. The molecule has 1 saturated carbocycles. The van der Waals surface area contributed by atoms with Crippen molar-refractivity contribution in [2.24, 2.45) is 0 Å². The van der Waals surface area contributed by atoms with Gasteiger partial charge in [0.1, 0.15) is 11.5 Å². The molecule has 1 fully saturated rings. The van der Waals surface area contributed by atoms with Gasteiger partial charge in [0.2, 0.25) is 0 Å². The summed E-state index contributed by atoms with van der Waals surface area (Å²) in [4.78, 5) is 12.0. The van der Waals surface area contributed by atoms with E-state index < -0.39 is 0 Å². The first-order valence-corrected chi connectivity index (χ1v) is 6.17. The molecule has 4 heteroatoms. The topological polar surface area (TPSA) is 54.3 Å². The number of furan rings is 1. The molecule has 0 saturated heterocycles. The number of nitrogens with one attached hydrogen (secondary N) is 2. The molecule has 2 rings (SSSR count). The van der Waals surface area contributed by atoms with Gasteiger partial charge in [0.25, 0.3) is 5.91 Å². The second-order valence-electron chi connectivity index (χ2n) is 4.70. The summed E-state index contributed by atoms with van der Waals surface area (Å²) >= 11 is 0. The minimum absolute atomic E-state index is 0.0329. The normalized spacial score (nSPS) is 15.0. The van der Waals surface area contributed by atoms with Gasteiger partial charge in [0, 0.05) is 24.7 Å². The van der Waals surface area contributed by atoms with E-state index in [-0.39, 0.29) is 5.91 Å². The molecule has 1 heterocycles. The molecule has 1 aliphatic carbocycles. The Morgan fingerprint density at radius 2 is 1.94 bits per heavy atom. The molecule has 0 spiro atoms. The summed E-state index contributed by atoms with van der Waals surface area (Å²) < 4.78 is 5.44. The van der Waals surface area contributed by atoms with E-state index in [2.05, 4.69) is 10.6 Å². The van der Waals surface area contributed by atoms with Gasteiger partial charge in [-0.3, -0.25) is 4.79 Å². The molecule has 4 nitrogen and oxygen atoms in total. The maximum Gasteiger partial charge on any atom is 0.255 e. The second kappa shape index (κ2) is 4.92. The lowest BCUT2D eigenvalue weighted by Gasteiger charge is -2.06. The highest BCUT2D eigenvalue weighted by atomic mass is 16.3. The van der Waals surface area contributed by atoms with E-state index in [1.165, 1.54) is 12.8 Å². The van der Waals surface area contributed by atoms with Crippen molar-refractivity contribution in [3.8, 4) is 0 Å². The van der Waals surface area contributed by atoms with Crippen LogP contribution in [0.4, 0.5) is 0 Å². The van der Waals surface area contributed by atoms with E-state index in [0.29, 0.717) is 23.9 Å². The molecule has 0 bridgehead atoms. The summed E-state index contributed by atoms with van der Waals surface area (Å²) in [6, 6.07) is 0.687. The predicted molar refractivity (Wildman–Crippen MR) is 66.3 cm³/mol. The fourth-order valence-electron chi connectivity index (χ4n) is 1.96. The Balaban J connectivity index is 1.85. The van der Waals surface area contributed by atoms with Crippen molar-refractivity contribution in [1.29, 1.82) is 0 Å². The van der Waals surface area contributed by atoms with E-state index in [4.69, 9.17) is 4.42 Å². The first kappa shape index (κ1) is 12.2. The fraction of sp³-hybridized carbons (Fsp3) is 0.615. The van der Waals surface area contributed by atoms with Gasteiger partial charge < -0.3 is 15.1 Å². The third kappa shape index (κ3) is 2.88. The summed E-state index contributed by atoms with van der Waals surface area (Å²) in [5, 5.41) is 6.28. The van der Waals surface area contributed by atoms with E-state index in [1.54, 1.807) is 0 Å². The molecule has 1 aromatic heterocycles. The molecular formula is C13H20N2O2. The fourth-order valence-corrected chi connectivity index (χ4v) is 1.96. The van der Waals surface area contributed by atoms with Gasteiger partial charge in [-0.1, -0.05) is 0 Å². The van der Waals surface area contributed by atoms with Crippen molar-refractivity contribution < 1.29 is 9.21 Å². The maximum atomic E-state index is 12.0. The zero-order valence-electron chi connectivity index (χ0n) is 10.7. The highest BCUT2D eigenvalue weighted by Crippen LogP contribution is 2.20. The Morgan fingerprint density at radius 1 is 1.24 bits per heavy atom. The standard InChI is InChI=1S/C13H20N2O2/c1-8-9(2)17-10(3)12(8)13(16)15-7-6-14-11-4-5-11/h11,14H,4-7H2,1-3H3,(H,15,16). The molecule has 1 aliphatic rings. The van der Waals surface area contributed by atoms with Crippen LogP contribution in [0.2, 0.25) is 0 Å². The van der Waals surface area contributed by atoms with Crippen molar-refractivity contribution >= 4 is 5.91 Å². The van der Waals surface area contributed by atoms with Crippen LogP contribution in [-0.4, -0.2) is 25.0 Å². The van der Waals surface area contributed by atoms with Crippen LogP contribution in [0.15, 0.2) is 4.42 Å². The number of rotatable bonds is 5. The number of aryl methyl sites for hydroxylation is 2. The Hall–Kier alpha value is -1.29. The summed E-state index contributed by atoms with van der Waals surface area (Å²) in [6.45, 7) is 7.14. The monoisotopic (exact) mass is 236 g/mol. The van der Waals surface area contributed by atoms with Gasteiger partial charge in [-0.05, 0) is 33.6 Å². The molecule has 1 amide bonds. The first-order chi connectivity index (χ1) is 8.09. The summed E-state index contributed by atoms with van der Waals surface area (Å²) in [7, 11) is 0. The number of amides is 1. The third-order valence-electron chi connectivity index (χ3n) is 3.21. The summed E-state index contributed by atoms with van der Waals surface area (Å²) in [5.74, 6) is 1.49. The molecule has 0 aromatic carbocycles. The highest BCUT2D eigenvalue weighted by molar-refractivity contribution is 5.96. The van der Waals surface area contributed by atoms with Gasteiger partial charge in [-0.15, -0.1) is 0 Å². The lowest BCUT2D eigenvalue weighted by molar-refractivity contribution is 0.0952. The van der Waals surface area contributed by atoms with Crippen molar-refractivity contribution in [2.45, 2.75) is 39.7 Å². The Bertz CT molecular complexity index is 419. The Kier molecular flexibility index (Phi) is 3.52. The van der Waals surface area contributed by atoms with Gasteiger partial charge >= 0.3 is 0 Å². The van der Waals surface area contributed by atoms with Crippen LogP contribution in [0.1, 0.15) is 40.3 Å². The van der Waals surface area contributed by atoms with E-state index in [1.807, 2.05) is 20.8 Å². The number of hydrogen-bond acceptors (Lipinski definition) is 3. The van der Waals surface area contributed by atoms with Crippen molar-refractivity contribution in [3.63, 3.8) is 0 Å². The zero-order valence-corrected chi connectivity index (χ0v) is 10.7. The first-order valence-electron chi connectivity index (χ1n) is 6.17. The average Bonchev–Trinajstić information content (AvgIpc) is 3.04. The lowest BCUT2D eigenvalue weighted by atomic mass is 10.1. The van der Waals surface area contributed by atoms with Gasteiger partial charge in [-0.2, -0.15) is 0 Å². The quantitative estimate of drug-likeness (QED) is 0.765. The Labute approximate surface area is 102 Å². The summed E-state index contributed by atoms with van der Waals surface area (Å²) in [5.41, 5.74) is 1.63. The van der Waals surface area contributed by atoms with Gasteiger partial charge in [0.15, 0.2) is 0 Å². The lowest BCUT2D eigenvalue weighted by Crippen LogP contribution is -2.33. The van der Waals surface area contributed by atoms with Crippen molar-refractivity contribution in [2.75, 3.05) is 13.1 Å². The van der Waals surface area contributed by atoms with E-state index in [0.717, 1.165) is 17.9 Å². The molecular weight excluding hydrogens is 216 g/mol. The number of hydrogen-bond donors (Lipinski definition) is 2. The molecule has 94 valence electrons. The molecule has 0 atom stereocenters. The SMILES string of the molecule is Cc1oc(C)c(C(=O)NCCNC2CC2)c1C. The zero-order chi connectivity index (χ0) is 12.4. The minimum Gasteiger partial charge on any atom is -0.466 e. The van der Waals surface area contributed by atoms with Gasteiger partial charge in [-0.25, -0.2) is 0 Å². The predicted octanol–water partition coefficient (Wildman–Crippen LogP) is 1.69. The largest absolute Gasteiger partial charge is 0.466 e. The molecule has 0 aliphatic heterocycles. The van der Waals surface area contributed by atoms with Crippen LogP contribution in [0, 0.1) is 20.8 Å². The molecule has 0 radical (unpaired) electrons. The van der Waals surface area contributed by atoms with Crippen LogP contribution in [0.25, 0.3) is 0 Å².